The zero-order chi connectivity index (χ0) is 24.1. The highest BCUT2D eigenvalue weighted by atomic mass is 19.4. The van der Waals surface area contributed by atoms with Crippen molar-refractivity contribution in [2.75, 3.05) is 25.6 Å². The van der Waals surface area contributed by atoms with Crippen molar-refractivity contribution in [2.45, 2.75) is 19.8 Å². The molecule has 3 aromatic heterocycles. The lowest BCUT2D eigenvalue weighted by atomic mass is 10.2. The minimum absolute atomic E-state index is 0.198. The minimum Gasteiger partial charge on any atom is -0.406 e. The van der Waals surface area contributed by atoms with Crippen molar-refractivity contribution in [3.8, 4) is 28.7 Å². The standard InChI is InChI=1S/C22H21F3N6O3/c1-14-11-18(29-31(14)13-15-7-8-26-19(12-15)27-9-10-32-2)21-28-20(30-34-21)16-3-5-17(6-4-16)33-22(23,24)25/h3-8,11-12H,9-10,13H2,1-2H3,(H,26,27). The molecule has 0 spiro atoms. The molecule has 0 amide bonds. The van der Waals surface area contributed by atoms with E-state index in [0.717, 1.165) is 17.1 Å². The maximum atomic E-state index is 12.3. The first-order chi connectivity index (χ1) is 16.3. The monoisotopic (exact) mass is 474 g/mol. The van der Waals surface area contributed by atoms with Gasteiger partial charge in [-0.3, -0.25) is 4.68 Å². The molecule has 0 fully saturated rings. The molecule has 1 aromatic carbocycles. The summed E-state index contributed by atoms with van der Waals surface area (Å²) in [7, 11) is 1.64. The number of alkyl halides is 3. The number of aromatic nitrogens is 5. The molecule has 34 heavy (non-hydrogen) atoms. The van der Waals surface area contributed by atoms with Crippen LogP contribution in [-0.2, 0) is 11.3 Å². The van der Waals surface area contributed by atoms with Crippen LogP contribution in [0.2, 0.25) is 0 Å². The van der Waals surface area contributed by atoms with E-state index in [9.17, 15) is 13.2 Å². The van der Waals surface area contributed by atoms with Gasteiger partial charge in [0.25, 0.3) is 5.89 Å². The second-order valence-electron chi connectivity index (χ2n) is 7.29. The van der Waals surface area contributed by atoms with Crippen molar-refractivity contribution >= 4 is 5.82 Å². The normalized spacial score (nSPS) is 11.6. The van der Waals surface area contributed by atoms with Crippen LogP contribution in [0.1, 0.15) is 11.3 Å². The fraction of sp³-hybridized carbons (Fsp3) is 0.273. The van der Waals surface area contributed by atoms with E-state index in [1.807, 2.05) is 25.1 Å². The second-order valence-corrected chi connectivity index (χ2v) is 7.29. The molecule has 9 nitrogen and oxygen atoms in total. The van der Waals surface area contributed by atoms with Crippen LogP contribution in [-0.4, -0.2) is 51.5 Å². The van der Waals surface area contributed by atoms with Gasteiger partial charge < -0.3 is 19.3 Å². The van der Waals surface area contributed by atoms with Crippen LogP contribution in [0, 0.1) is 6.92 Å². The summed E-state index contributed by atoms with van der Waals surface area (Å²) in [5.41, 5.74) is 2.85. The van der Waals surface area contributed by atoms with Gasteiger partial charge in [-0.1, -0.05) is 5.16 Å². The molecule has 12 heteroatoms. The summed E-state index contributed by atoms with van der Waals surface area (Å²) in [6.45, 7) is 3.64. The molecular weight excluding hydrogens is 453 g/mol. The van der Waals surface area contributed by atoms with E-state index in [1.54, 1.807) is 18.0 Å². The molecule has 0 saturated heterocycles. The smallest absolute Gasteiger partial charge is 0.406 e. The molecule has 0 saturated carbocycles. The lowest BCUT2D eigenvalue weighted by molar-refractivity contribution is -0.274. The predicted molar refractivity (Wildman–Crippen MR) is 116 cm³/mol. The molecular formula is C22H21F3N6O3. The predicted octanol–water partition coefficient (Wildman–Crippen LogP) is 4.31. The molecule has 0 aliphatic carbocycles. The average Bonchev–Trinajstić information content (AvgIpc) is 3.41. The zero-order valence-electron chi connectivity index (χ0n) is 18.3. The van der Waals surface area contributed by atoms with Gasteiger partial charge in [0.15, 0.2) is 5.69 Å². The number of nitrogens with zero attached hydrogens (tertiary/aromatic N) is 5. The number of hydrogen-bond donors (Lipinski definition) is 1. The number of rotatable bonds is 9. The number of aryl methyl sites for hydroxylation is 1. The highest BCUT2D eigenvalue weighted by Gasteiger charge is 2.31. The lowest BCUT2D eigenvalue weighted by Crippen LogP contribution is -2.16. The largest absolute Gasteiger partial charge is 0.573 e. The quantitative estimate of drug-likeness (QED) is 0.358. The Morgan fingerprint density at radius 2 is 1.91 bits per heavy atom. The fourth-order valence-corrected chi connectivity index (χ4v) is 3.15. The van der Waals surface area contributed by atoms with Crippen molar-refractivity contribution in [1.82, 2.24) is 24.9 Å². The van der Waals surface area contributed by atoms with Gasteiger partial charge in [0.2, 0.25) is 5.82 Å². The summed E-state index contributed by atoms with van der Waals surface area (Å²) in [5.74, 6) is 0.834. The van der Waals surface area contributed by atoms with Crippen molar-refractivity contribution < 1.29 is 27.2 Å². The third-order valence-electron chi connectivity index (χ3n) is 4.74. The molecule has 3 heterocycles. The van der Waals surface area contributed by atoms with Crippen molar-refractivity contribution in [2.24, 2.45) is 0 Å². The van der Waals surface area contributed by atoms with Gasteiger partial charge in [-0.05, 0) is 55.0 Å². The van der Waals surface area contributed by atoms with Crippen LogP contribution < -0.4 is 10.1 Å². The van der Waals surface area contributed by atoms with E-state index in [4.69, 9.17) is 9.26 Å². The molecule has 0 bridgehead atoms. The van der Waals surface area contributed by atoms with Crippen molar-refractivity contribution in [3.05, 3.63) is 59.9 Å². The summed E-state index contributed by atoms with van der Waals surface area (Å²) in [6, 6.07) is 10.9. The first-order valence-corrected chi connectivity index (χ1v) is 10.2. The van der Waals surface area contributed by atoms with E-state index in [0.29, 0.717) is 31.0 Å². The number of nitrogens with one attached hydrogen (secondary N) is 1. The Kier molecular flexibility index (Phi) is 6.77. The number of methoxy groups -OCH3 is 1. The van der Waals surface area contributed by atoms with Crippen LogP contribution >= 0.6 is 0 Å². The third kappa shape index (κ3) is 5.90. The molecule has 0 unspecified atom stereocenters. The summed E-state index contributed by atoms with van der Waals surface area (Å²) < 4.78 is 53.0. The number of halogens is 3. The molecule has 178 valence electrons. The van der Waals surface area contributed by atoms with Gasteiger partial charge in [0.05, 0.1) is 13.2 Å². The SMILES string of the molecule is COCCNc1cc(Cn2nc(-c3nc(-c4ccc(OC(F)(F)F)cc4)no3)cc2C)ccn1. The Bertz CT molecular complexity index is 1240. The number of anilines is 1. The molecule has 0 radical (unpaired) electrons. The van der Waals surface area contributed by atoms with E-state index in [1.165, 1.54) is 24.3 Å². The molecule has 0 aliphatic heterocycles. The minimum atomic E-state index is -4.75. The van der Waals surface area contributed by atoms with Gasteiger partial charge in [0.1, 0.15) is 11.6 Å². The van der Waals surface area contributed by atoms with E-state index in [-0.39, 0.29) is 17.5 Å². The lowest BCUT2D eigenvalue weighted by Gasteiger charge is -2.08. The van der Waals surface area contributed by atoms with Gasteiger partial charge in [-0.15, -0.1) is 13.2 Å². The van der Waals surface area contributed by atoms with Gasteiger partial charge >= 0.3 is 6.36 Å². The van der Waals surface area contributed by atoms with E-state index < -0.39 is 6.36 Å². The first kappa shape index (κ1) is 23.2. The Morgan fingerprint density at radius 3 is 2.65 bits per heavy atom. The zero-order valence-corrected chi connectivity index (χ0v) is 18.3. The number of benzene rings is 1. The number of ether oxygens (including phenoxy) is 2. The Balaban J connectivity index is 1.46. The van der Waals surface area contributed by atoms with E-state index in [2.05, 4.69) is 30.3 Å². The molecule has 0 aliphatic rings. The van der Waals surface area contributed by atoms with Crippen LogP contribution in [0.3, 0.4) is 0 Å². The fourth-order valence-electron chi connectivity index (χ4n) is 3.15. The molecule has 1 N–H and O–H groups in total. The van der Waals surface area contributed by atoms with Crippen LogP contribution in [0.15, 0.2) is 53.2 Å². The Morgan fingerprint density at radius 1 is 1.12 bits per heavy atom. The number of pyridine rings is 1. The van der Waals surface area contributed by atoms with Crippen LogP contribution in [0.5, 0.6) is 5.75 Å². The van der Waals surface area contributed by atoms with Crippen LogP contribution in [0.25, 0.3) is 23.0 Å². The van der Waals surface area contributed by atoms with Gasteiger partial charge in [-0.25, -0.2) is 4.98 Å². The molecule has 4 rings (SSSR count). The molecule has 4 aromatic rings. The summed E-state index contributed by atoms with van der Waals surface area (Å²) >= 11 is 0. The Labute approximate surface area is 192 Å². The molecule has 0 atom stereocenters. The third-order valence-corrected chi connectivity index (χ3v) is 4.74. The maximum Gasteiger partial charge on any atom is 0.573 e. The summed E-state index contributed by atoms with van der Waals surface area (Å²) in [6.07, 6.45) is -3.03. The summed E-state index contributed by atoms with van der Waals surface area (Å²) in [4.78, 5) is 8.61. The summed E-state index contributed by atoms with van der Waals surface area (Å²) in [5, 5.41) is 11.7. The highest BCUT2D eigenvalue weighted by Crippen LogP contribution is 2.27. The second kappa shape index (κ2) is 9.91. The maximum absolute atomic E-state index is 12.3. The highest BCUT2D eigenvalue weighted by molar-refractivity contribution is 5.59. The van der Waals surface area contributed by atoms with Gasteiger partial charge in [0, 0.05) is 31.1 Å². The van der Waals surface area contributed by atoms with Crippen LogP contribution in [0.4, 0.5) is 19.0 Å². The van der Waals surface area contributed by atoms with Crippen molar-refractivity contribution in [1.29, 1.82) is 0 Å². The number of hydrogen-bond acceptors (Lipinski definition) is 8. The van der Waals surface area contributed by atoms with E-state index >= 15 is 0 Å². The van der Waals surface area contributed by atoms with Gasteiger partial charge in [-0.2, -0.15) is 10.1 Å². The topological polar surface area (TPSA) is 100 Å². The Hall–Kier alpha value is -3.93. The first-order valence-electron chi connectivity index (χ1n) is 10.2. The average molecular weight is 474 g/mol. The van der Waals surface area contributed by atoms with Crippen molar-refractivity contribution in [3.63, 3.8) is 0 Å².